The van der Waals surface area contributed by atoms with Gasteiger partial charge < -0.3 is 14.6 Å². The Morgan fingerprint density at radius 1 is 1.19 bits per heavy atom. The van der Waals surface area contributed by atoms with E-state index in [1.165, 1.54) is 6.42 Å². The van der Waals surface area contributed by atoms with Gasteiger partial charge in [0.1, 0.15) is 6.10 Å². The van der Waals surface area contributed by atoms with E-state index in [2.05, 4.69) is 5.32 Å². The minimum atomic E-state index is -4.46. The highest BCUT2D eigenvalue weighted by Gasteiger charge is 2.20. The highest BCUT2D eigenvalue weighted by molar-refractivity contribution is 7.85. The van der Waals surface area contributed by atoms with Crippen molar-refractivity contribution in [1.82, 2.24) is 5.32 Å². The maximum atomic E-state index is 11.9. The molecule has 7 heteroatoms. The lowest BCUT2D eigenvalue weighted by molar-refractivity contribution is -0.146. The first-order chi connectivity index (χ1) is 12.4. The largest absolute Gasteiger partial charge is 0.748 e. The Bertz CT molecular complexity index is 589. The lowest BCUT2D eigenvalue weighted by Gasteiger charge is -2.26. The van der Waals surface area contributed by atoms with Gasteiger partial charge in [-0.1, -0.05) is 55.7 Å². The van der Waals surface area contributed by atoms with E-state index in [9.17, 15) is 17.8 Å². The number of esters is 1. The second-order valence-corrected chi connectivity index (χ2v) is 7.89. The third kappa shape index (κ3) is 12.0. The van der Waals surface area contributed by atoms with Crippen LogP contribution in [0.5, 0.6) is 0 Å². The molecule has 0 spiro atoms. The van der Waals surface area contributed by atoms with Crippen LogP contribution in [0.1, 0.15) is 51.9 Å². The first kappa shape index (κ1) is 22.6. The molecule has 0 radical (unpaired) electrons. The lowest BCUT2D eigenvalue weighted by Crippen LogP contribution is -2.41. The van der Waals surface area contributed by atoms with Gasteiger partial charge in [-0.2, -0.15) is 0 Å². The number of carbonyl (C=O) groups is 1. The van der Waals surface area contributed by atoms with Crippen LogP contribution in [0.15, 0.2) is 36.5 Å². The van der Waals surface area contributed by atoms with Crippen molar-refractivity contribution in [3.8, 4) is 0 Å². The number of nitrogens with one attached hydrogen (secondary N) is 1. The molecule has 0 aromatic rings. The molecule has 26 heavy (non-hydrogen) atoms. The second kappa shape index (κ2) is 12.8. The minimum absolute atomic E-state index is 0.0519. The predicted octanol–water partition coefficient (Wildman–Crippen LogP) is 2.83. The lowest BCUT2D eigenvalue weighted by atomic mass is 9.95. The van der Waals surface area contributed by atoms with E-state index in [4.69, 9.17) is 4.74 Å². The summed E-state index contributed by atoms with van der Waals surface area (Å²) in [5.74, 6) is -1.23. The molecule has 1 fully saturated rings. The predicted molar refractivity (Wildman–Crippen MR) is 102 cm³/mol. The zero-order valence-electron chi connectivity index (χ0n) is 15.4. The van der Waals surface area contributed by atoms with Crippen molar-refractivity contribution < 1.29 is 22.5 Å². The van der Waals surface area contributed by atoms with Gasteiger partial charge in [0.05, 0.1) is 22.3 Å². The Labute approximate surface area is 157 Å². The molecule has 0 amide bonds. The van der Waals surface area contributed by atoms with Crippen molar-refractivity contribution in [2.75, 3.05) is 12.3 Å². The van der Waals surface area contributed by atoms with Gasteiger partial charge in [0.2, 0.25) is 0 Å². The number of carbonyl (C=O) groups excluding carboxylic acids is 1. The zero-order valence-corrected chi connectivity index (χ0v) is 16.2. The molecule has 1 unspecified atom stereocenters. The van der Waals surface area contributed by atoms with Crippen molar-refractivity contribution in [1.29, 1.82) is 0 Å². The summed E-state index contributed by atoms with van der Waals surface area (Å²) < 4.78 is 38.4. The average Bonchev–Trinajstić information content (AvgIpc) is 2.58. The molecule has 0 aliphatic heterocycles. The number of rotatable bonds is 11. The molecule has 0 heterocycles. The summed E-state index contributed by atoms with van der Waals surface area (Å²) in [5, 5.41) is 3.23. The quantitative estimate of drug-likeness (QED) is 0.255. The van der Waals surface area contributed by atoms with Crippen LogP contribution in [0.2, 0.25) is 0 Å². The minimum Gasteiger partial charge on any atom is -0.748 e. The molecular weight excluding hydrogens is 354 g/mol. The molecule has 0 bridgehead atoms. The molecule has 1 N–H and O–H groups in total. The summed E-state index contributed by atoms with van der Waals surface area (Å²) >= 11 is 0. The van der Waals surface area contributed by atoms with Crippen LogP contribution in [0, 0.1) is 0 Å². The van der Waals surface area contributed by atoms with Crippen molar-refractivity contribution in [3.05, 3.63) is 36.5 Å². The SMILES string of the molecule is C/C=C/C=C/C/C=C\CC(=O)OC(CNC1CCCCC1)CS(=O)(=O)[O-]. The zero-order chi connectivity index (χ0) is 19.3. The second-order valence-electron chi connectivity index (χ2n) is 6.44. The maximum Gasteiger partial charge on any atom is 0.309 e. The van der Waals surface area contributed by atoms with Gasteiger partial charge in [0.25, 0.3) is 0 Å². The smallest absolute Gasteiger partial charge is 0.309 e. The molecular formula is C19H30NO5S-. The Balaban J connectivity index is 2.42. The molecule has 148 valence electrons. The van der Waals surface area contributed by atoms with E-state index < -0.39 is 27.9 Å². The van der Waals surface area contributed by atoms with Crippen LogP contribution in [0.4, 0.5) is 0 Å². The molecule has 1 atom stereocenters. The molecule has 0 aromatic carbocycles. The Kier molecular flexibility index (Phi) is 11.2. The number of hydrogen-bond donors (Lipinski definition) is 1. The monoisotopic (exact) mass is 384 g/mol. The molecule has 0 aromatic heterocycles. The maximum absolute atomic E-state index is 11.9. The van der Waals surface area contributed by atoms with E-state index in [1.54, 1.807) is 6.08 Å². The fourth-order valence-electron chi connectivity index (χ4n) is 2.82. The van der Waals surface area contributed by atoms with Crippen LogP contribution < -0.4 is 5.32 Å². The highest BCUT2D eigenvalue weighted by atomic mass is 32.2. The Hall–Kier alpha value is -1.44. The third-order valence-electron chi connectivity index (χ3n) is 4.09. The summed E-state index contributed by atoms with van der Waals surface area (Å²) in [5.41, 5.74) is 0. The van der Waals surface area contributed by atoms with E-state index >= 15 is 0 Å². The molecule has 1 saturated carbocycles. The average molecular weight is 385 g/mol. The number of ether oxygens (including phenoxy) is 1. The topological polar surface area (TPSA) is 95.5 Å². The van der Waals surface area contributed by atoms with Crippen LogP contribution in [-0.4, -0.2) is 43.4 Å². The Morgan fingerprint density at radius 3 is 2.58 bits per heavy atom. The van der Waals surface area contributed by atoms with Crippen molar-refractivity contribution >= 4 is 16.1 Å². The van der Waals surface area contributed by atoms with Gasteiger partial charge in [0, 0.05) is 12.6 Å². The van der Waals surface area contributed by atoms with E-state index in [0.717, 1.165) is 25.7 Å². The first-order valence-electron chi connectivity index (χ1n) is 9.20. The molecule has 6 nitrogen and oxygen atoms in total. The highest BCUT2D eigenvalue weighted by Crippen LogP contribution is 2.17. The standard InChI is InChI=1S/C19H31NO5S/c1-2-3-4-5-6-7-11-14-19(21)25-18(16-26(22,23)24)15-20-17-12-9-8-10-13-17/h2-5,7,11,17-18,20H,6,8-10,12-16H2,1H3,(H,22,23,24)/p-1/b3-2+,5-4+,11-7-. The number of allylic oxidation sites excluding steroid dienone is 5. The van der Waals surface area contributed by atoms with Crippen molar-refractivity contribution in [2.24, 2.45) is 0 Å². The summed E-state index contributed by atoms with van der Waals surface area (Å²) in [6.07, 6.45) is 16.5. The summed E-state index contributed by atoms with van der Waals surface area (Å²) in [6.45, 7) is 2.12. The van der Waals surface area contributed by atoms with Crippen molar-refractivity contribution in [3.63, 3.8) is 0 Å². The van der Waals surface area contributed by atoms with E-state index in [1.807, 2.05) is 37.3 Å². The fraction of sp³-hybridized carbons (Fsp3) is 0.632. The van der Waals surface area contributed by atoms with Crippen LogP contribution in [0.3, 0.4) is 0 Å². The molecule has 0 saturated heterocycles. The van der Waals surface area contributed by atoms with Gasteiger partial charge >= 0.3 is 5.97 Å². The molecule has 1 aliphatic rings. The summed E-state index contributed by atoms with van der Waals surface area (Å²) in [6, 6.07) is 0.295. The fourth-order valence-corrected chi connectivity index (χ4v) is 3.46. The van der Waals surface area contributed by atoms with E-state index in [0.29, 0.717) is 12.5 Å². The van der Waals surface area contributed by atoms with E-state index in [-0.39, 0.29) is 13.0 Å². The molecule has 1 aliphatic carbocycles. The van der Waals surface area contributed by atoms with Gasteiger partial charge in [-0.05, 0) is 26.2 Å². The first-order valence-corrected chi connectivity index (χ1v) is 10.8. The van der Waals surface area contributed by atoms with Crippen molar-refractivity contribution in [2.45, 2.75) is 64.0 Å². The van der Waals surface area contributed by atoms with Gasteiger partial charge in [-0.3, -0.25) is 4.79 Å². The van der Waals surface area contributed by atoms with Crippen LogP contribution in [0.25, 0.3) is 0 Å². The normalized spacial score (nSPS) is 18.1. The molecule has 1 rings (SSSR count). The third-order valence-corrected chi connectivity index (χ3v) is 4.87. The number of hydrogen-bond acceptors (Lipinski definition) is 6. The summed E-state index contributed by atoms with van der Waals surface area (Å²) in [7, 11) is -4.46. The van der Waals surface area contributed by atoms with Gasteiger partial charge in [-0.15, -0.1) is 0 Å². The van der Waals surface area contributed by atoms with Gasteiger partial charge in [0.15, 0.2) is 0 Å². The Morgan fingerprint density at radius 2 is 1.92 bits per heavy atom. The summed E-state index contributed by atoms with van der Waals surface area (Å²) in [4.78, 5) is 11.9. The van der Waals surface area contributed by atoms with Crippen LogP contribution in [-0.2, 0) is 19.6 Å². The van der Waals surface area contributed by atoms with Crippen LogP contribution >= 0.6 is 0 Å². The van der Waals surface area contributed by atoms with Gasteiger partial charge in [-0.25, -0.2) is 8.42 Å².